The molecule has 1 aliphatic heterocycles. The van der Waals surface area contributed by atoms with Crippen molar-refractivity contribution in [3.8, 4) is 0 Å². The number of nitrogens with one attached hydrogen (secondary N) is 3. The van der Waals surface area contributed by atoms with E-state index in [2.05, 4.69) is 38.8 Å². The standard InChI is InChI=1S/C19H20N4O2/c24-19(23-18-11-14-5-8-20-16(14)12-22-18)21-9-6-17-15-4-2-1-3-13(15)7-10-25-17/h1-5,8,11-12,17,20H,6-7,9-10H2,(H2,21,22,23,24). The van der Waals surface area contributed by atoms with Crippen molar-refractivity contribution >= 4 is 22.8 Å². The number of aromatic amines is 1. The summed E-state index contributed by atoms with van der Waals surface area (Å²) in [5, 5.41) is 6.65. The van der Waals surface area contributed by atoms with Gasteiger partial charge in [-0.15, -0.1) is 0 Å². The van der Waals surface area contributed by atoms with Crippen LogP contribution in [0.5, 0.6) is 0 Å². The van der Waals surface area contributed by atoms with Crippen LogP contribution < -0.4 is 10.6 Å². The minimum atomic E-state index is -0.258. The molecule has 3 N–H and O–H groups in total. The molecule has 25 heavy (non-hydrogen) atoms. The summed E-state index contributed by atoms with van der Waals surface area (Å²) >= 11 is 0. The number of hydrogen-bond donors (Lipinski definition) is 3. The first-order chi connectivity index (χ1) is 12.3. The molecular formula is C19H20N4O2. The molecular weight excluding hydrogens is 316 g/mol. The lowest BCUT2D eigenvalue weighted by atomic mass is 9.96. The number of H-pyrrole nitrogens is 1. The van der Waals surface area contributed by atoms with Crippen molar-refractivity contribution in [3.05, 3.63) is 59.9 Å². The van der Waals surface area contributed by atoms with Crippen LogP contribution in [0, 0.1) is 0 Å². The van der Waals surface area contributed by atoms with Crippen molar-refractivity contribution in [2.75, 3.05) is 18.5 Å². The number of aromatic nitrogens is 2. The van der Waals surface area contributed by atoms with E-state index in [0.29, 0.717) is 12.4 Å². The van der Waals surface area contributed by atoms with Gasteiger partial charge in [-0.2, -0.15) is 0 Å². The van der Waals surface area contributed by atoms with Crippen molar-refractivity contribution in [2.45, 2.75) is 18.9 Å². The molecule has 3 heterocycles. The second-order valence-electron chi connectivity index (χ2n) is 6.11. The molecule has 0 fully saturated rings. The lowest BCUT2D eigenvalue weighted by Crippen LogP contribution is -2.31. The Morgan fingerprint density at radius 3 is 3.20 bits per heavy atom. The summed E-state index contributed by atoms with van der Waals surface area (Å²) in [6.45, 7) is 1.27. The van der Waals surface area contributed by atoms with E-state index < -0.39 is 0 Å². The van der Waals surface area contributed by atoms with Gasteiger partial charge in [0.2, 0.25) is 0 Å². The van der Waals surface area contributed by atoms with Crippen LogP contribution in [0.4, 0.5) is 10.6 Å². The molecule has 128 valence electrons. The molecule has 1 aromatic carbocycles. The number of benzene rings is 1. The molecule has 0 saturated heterocycles. The Morgan fingerprint density at radius 1 is 1.32 bits per heavy atom. The van der Waals surface area contributed by atoms with Crippen LogP contribution in [0.3, 0.4) is 0 Å². The molecule has 4 rings (SSSR count). The van der Waals surface area contributed by atoms with Crippen molar-refractivity contribution in [2.24, 2.45) is 0 Å². The number of fused-ring (bicyclic) bond motifs is 2. The summed E-state index contributed by atoms with van der Waals surface area (Å²) in [4.78, 5) is 19.4. The first kappa shape index (κ1) is 15.7. The van der Waals surface area contributed by atoms with Gasteiger partial charge in [0.1, 0.15) is 5.82 Å². The summed E-state index contributed by atoms with van der Waals surface area (Å²) < 4.78 is 5.86. The molecule has 0 saturated carbocycles. The molecule has 0 radical (unpaired) electrons. The maximum atomic E-state index is 12.1. The number of amides is 2. The third kappa shape index (κ3) is 3.49. The van der Waals surface area contributed by atoms with Crippen molar-refractivity contribution in [3.63, 3.8) is 0 Å². The lowest BCUT2D eigenvalue weighted by molar-refractivity contribution is 0.0373. The fourth-order valence-electron chi connectivity index (χ4n) is 3.21. The number of urea groups is 1. The van der Waals surface area contributed by atoms with E-state index in [1.165, 1.54) is 11.1 Å². The largest absolute Gasteiger partial charge is 0.373 e. The van der Waals surface area contributed by atoms with Crippen LogP contribution in [0.25, 0.3) is 10.9 Å². The van der Waals surface area contributed by atoms with Crippen LogP contribution >= 0.6 is 0 Å². The van der Waals surface area contributed by atoms with Crippen LogP contribution in [-0.2, 0) is 11.2 Å². The fourth-order valence-corrected chi connectivity index (χ4v) is 3.21. The molecule has 1 aliphatic rings. The van der Waals surface area contributed by atoms with E-state index in [1.54, 1.807) is 6.20 Å². The number of rotatable bonds is 4. The number of anilines is 1. The van der Waals surface area contributed by atoms with Gasteiger partial charge in [0, 0.05) is 18.1 Å². The highest BCUT2D eigenvalue weighted by molar-refractivity contribution is 5.90. The average Bonchev–Trinajstić information content (AvgIpc) is 3.10. The maximum absolute atomic E-state index is 12.1. The van der Waals surface area contributed by atoms with Crippen molar-refractivity contribution in [1.82, 2.24) is 15.3 Å². The SMILES string of the molecule is O=C(NCCC1OCCc2ccccc21)Nc1cc2cc[nH]c2cn1. The maximum Gasteiger partial charge on any atom is 0.320 e. The zero-order valence-corrected chi connectivity index (χ0v) is 13.8. The van der Waals surface area contributed by atoms with Crippen LogP contribution in [0.15, 0.2) is 48.8 Å². The number of hydrogen-bond acceptors (Lipinski definition) is 3. The van der Waals surface area contributed by atoms with Gasteiger partial charge < -0.3 is 15.0 Å². The van der Waals surface area contributed by atoms with E-state index in [9.17, 15) is 4.79 Å². The third-order valence-electron chi connectivity index (χ3n) is 4.46. The fraction of sp³-hybridized carbons (Fsp3) is 0.263. The predicted octanol–water partition coefficient (Wildman–Crippen LogP) is 3.39. The van der Waals surface area contributed by atoms with Crippen LogP contribution in [-0.4, -0.2) is 29.2 Å². The highest BCUT2D eigenvalue weighted by Crippen LogP contribution is 2.28. The molecule has 6 heteroatoms. The molecule has 0 spiro atoms. The second kappa shape index (κ2) is 6.94. The zero-order valence-electron chi connectivity index (χ0n) is 13.8. The molecule has 3 aromatic rings. The number of nitrogens with zero attached hydrogens (tertiary/aromatic N) is 1. The zero-order chi connectivity index (χ0) is 17.1. The number of pyridine rings is 1. The Kier molecular flexibility index (Phi) is 4.35. The highest BCUT2D eigenvalue weighted by Gasteiger charge is 2.20. The molecule has 2 amide bonds. The highest BCUT2D eigenvalue weighted by atomic mass is 16.5. The quantitative estimate of drug-likeness (QED) is 0.683. The van der Waals surface area contributed by atoms with E-state index in [4.69, 9.17) is 4.74 Å². The van der Waals surface area contributed by atoms with Gasteiger partial charge >= 0.3 is 6.03 Å². The van der Waals surface area contributed by atoms with Crippen molar-refractivity contribution < 1.29 is 9.53 Å². The summed E-state index contributed by atoms with van der Waals surface area (Å²) in [5.41, 5.74) is 3.52. The Hall–Kier alpha value is -2.86. The smallest absolute Gasteiger partial charge is 0.320 e. The van der Waals surface area contributed by atoms with Gasteiger partial charge in [0.15, 0.2) is 0 Å². The van der Waals surface area contributed by atoms with Crippen molar-refractivity contribution in [1.29, 1.82) is 0 Å². The first-order valence-electron chi connectivity index (χ1n) is 8.47. The van der Waals surface area contributed by atoms with Crippen LogP contribution in [0.2, 0.25) is 0 Å². The Morgan fingerprint density at radius 2 is 2.24 bits per heavy atom. The minimum Gasteiger partial charge on any atom is -0.373 e. The van der Waals surface area contributed by atoms with Crippen LogP contribution in [0.1, 0.15) is 23.7 Å². The number of carbonyl (C=O) groups excluding carboxylic acids is 1. The van der Waals surface area contributed by atoms with Gasteiger partial charge in [-0.25, -0.2) is 9.78 Å². The molecule has 2 aromatic heterocycles. The Balaban J connectivity index is 1.31. The molecule has 1 unspecified atom stereocenters. The summed E-state index contributed by atoms with van der Waals surface area (Å²) in [7, 11) is 0. The Labute approximate surface area is 145 Å². The average molecular weight is 336 g/mol. The topological polar surface area (TPSA) is 79.0 Å². The second-order valence-corrected chi connectivity index (χ2v) is 6.11. The molecule has 0 bridgehead atoms. The lowest BCUT2D eigenvalue weighted by Gasteiger charge is -2.26. The third-order valence-corrected chi connectivity index (χ3v) is 4.46. The van der Waals surface area contributed by atoms with E-state index >= 15 is 0 Å². The first-order valence-corrected chi connectivity index (χ1v) is 8.47. The van der Waals surface area contributed by atoms with Gasteiger partial charge in [0.25, 0.3) is 0 Å². The summed E-state index contributed by atoms with van der Waals surface area (Å²) in [6, 6.07) is 11.9. The van der Waals surface area contributed by atoms with Gasteiger partial charge in [-0.3, -0.25) is 5.32 Å². The van der Waals surface area contributed by atoms with E-state index in [0.717, 1.165) is 30.4 Å². The van der Waals surface area contributed by atoms with Gasteiger partial charge in [0.05, 0.1) is 24.4 Å². The van der Waals surface area contributed by atoms with E-state index in [-0.39, 0.29) is 12.1 Å². The summed E-state index contributed by atoms with van der Waals surface area (Å²) in [5.74, 6) is 0.531. The molecule has 0 aliphatic carbocycles. The number of ether oxygens (including phenoxy) is 1. The van der Waals surface area contributed by atoms with Gasteiger partial charge in [-0.05, 0) is 36.1 Å². The normalized spacial score (nSPS) is 16.4. The minimum absolute atomic E-state index is 0.0413. The Bertz CT molecular complexity index is 890. The predicted molar refractivity (Wildman–Crippen MR) is 96.6 cm³/mol. The van der Waals surface area contributed by atoms with Gasteiger partial charge in [-0.1, -0.05) is 24.3 Å². The summed E-state index contributed by atoms with van der Waals surface area (Å²) in [6.07, 6.45) is 5.29. The monoisotopic (exact) mass is 336 g/mol. The van der Waals surface area contributed by atoms with E-state index in [1.807, 2.05) is 24.4 Å². The molecule has 1 atom stereocenters. The molecule has 6 nitrogen and oxygen atoms in total. The number of carbonyl (C=O) groups is 1.